The smallest absolute Gasteiger partial charge is 0.308 e. The number of carbonyl (C=O) groups excluding carboxylic acids is 1. The molecule has 102 valence electrons. The highest BCUT2D eigenvalue weighted by Crippen LogP contribution is 2.25. The third-order valence-corrected chi connectivity index (χ3v) is 4.38. The van der Waals surface area contributed by atoms with Crippen molar-refractivity contribution in [3.05, 3.63) is 33.4 Å². The number of aliphatic carboxylic acids is 1. The standard InChI is InChI=1S/C14H16INO3/c1-9-12(14(18)19)3-2-8-16(9)13(17)10-4-6-11(15)7-5-10/h4-7,9,12H,2-3,8H2,1H3,(H,18,19)/t9-,12-/m1/s1. The van der Waals surface area contributed by atoms with Gasteiger partial charge in [0, 0.05) is 21.7 Å². The predicted octanol–water partition coefficient (Wildman–Crippen LogP) is 2.62. The van der Waals surface area contributed by atoms with E-state index >= 15 is 0 Å². The van der Waals surface area contributed by atoms with Gasteiger partial charge in [-0.25, -0.2) is 0 Å². The molecule has 0 aliphatic carbocycles. The van der Waals surface area contributed by atoms with Crippen LogP contribution in [0.1, 0.15) is 30.1 Å². The fourth-order valence-electron chi connectivity index (χ4n) is 2.52. The molecule has 1 amide bonds. The van der Waals surface area contributed by atoms with Gasteiger partial charge in [-0.3, -0.25) is 9.59 Å². The molecule has 0 spiro atoms. The van der Waals surface area contributed by atoms with Crippen LogP contribution in [-0.2, 0) is 4.79 Å². The molecule has 1 aliphatic rings. The number of carboxylic acids is 1. The SMILES string of the molecule is C[C@@H]1[C@H](C(=O)O)CCCN1C(=O)c1ccc(I)cc1. The van der Waals surface area contributed by atoms with Crippen molar-refractivity contribution in [2.75, 3.05) is 6.54 Å². The molecule has 0 bridgehead atoms. The van der Waals surface area contributed by atoms with Crippen molar-refractivity contribution >= 4 is 34.5 Å². The van der Waals surface area contributed by atoms with Gasteiger partial charge in [0.05, 0.1) is 5.92 Å². The number of hydrogen-bond donors (Lipinski definition) is 1. The third kappa shape index (κ3) is 3.08. The van der Waals surface area contributed by atoms with Crippen molar-refractivity contribution in [3.8, 4) is 0 Å². The van der Waals surface area contributed by atoms with Gasteiger partial charge < -0.3 is 10.0 Å². The van der Waals surface area contributed by atoms with Crippen LogP contribution >= 0.6 is 22.6 Å². The molecule has 1 fully saturated rings. The molecule has 1 heterocycles. The fourth-order valence-corrected chi connectivity index (χ4v) is 2.88. The van der Waals surface area contributed by atoms with E-state index in [1.54, 1.807) is 17.0 Å². The zero-order valence-electron chi connectivity index (χ0n) is 10.7. The Labute approximate surface area is 125 Å². The lowest BCUT2D eigenvalue weighted by atomic mass is 9.90. The first-order chi connectivity index (χ1) is 9.00. The van der Waals surface area contributed by atoms with Crippen molar-refractivity contribution in [2.24, 2.45) is 5.92 Å². The lowest BCUT2D eigenvalue weighted by molar-refractivity contribution is -0.144. The molecular formula is C14H16INO3. The summed E-state index contributed by atoms with van der Waals surface area (Å²) in [6.07, 6.45) is 1.39. The van der Waals surface area contributed by atoms with Gasteiger partial charge in [0.15, 0.2) is 0 Å². The summed E-state index contributed by atoms with van der Waals surface area (Å²) in [7, 11) is 0. The van der Waals surface area contributed by atoms with Crippen LogP contribution in [0.25, 0.3) is 0 Å². The van der Waals surface area contributed by atoms with Crippen LogP contribution in [0.4, 0.5) is 0 Å². The van der Waals surface area contributed by atoms with Crippen molar-refractivity contribution in [1.29, 1.82) is 0 Å². The van der Waals surface area contributed by atoms with Crippen molar-refractivity contribution in [3.63, 3.8) is 0 Å². The van der Waals surface area contributed by atoms with E-state index < -0.39 is 11.9 Å². The molecule has 1 saturated heterocycles. The first-order valence-corrected chi connectivity index (χ1v) is 7.38. The molecule has 0 saturated carbocycles. The van der Waals surface area contributed by atoms with Gasteiger partial charge in [0.1, 0.15) is 0 Å². The van der Waals surface area contributed by atoms with E-state index in [4.69, 9.17) is 0 Å². The van der Waals surface area contributed by atoms with E-state index in [1.807, 2.05) is 19.1 Å². The Kier molecular flexibility index (Phi) is 4.44. The van der Waals surface area contributed by atoms with Crippen molar-refractivity contribution < 1.29 is 14.7 Å². The van der Waals surface area contributed by atoms with Crippen LogP contribution in [0, 0.1) is 9.49 Å². The third-order valence-electron chi connectivity index (χ3n) is 3.66. The lowest BCUT2D eigenvalue weighted by Gasteiger charge is -2.37. The normalized spacial score (nSPS) is 23.2. The molecular weight excluding hydrogens is 357 g/mol. The number of carboxylic acid groups (broad SMARTS) is 1. The molecule has 2 rings (SSSR count). The minimum absolute atomic E-state index is 0.0742. The van der Waals surface area contributed by atoms with Gasteiger partial charge in [-0.05, 0) is 66.6 Å². The Morgan fingerprint density at radius 1 is 1.32 bits per heavy atom. The second-order valence-corrected chi connectivity index (χ2v) is 6.08. The number of piperidine rings is 1. The Hall–Kier alpha value is -1.11. The second-order valence-electron chi connectivity index (χ2n) is 4.83. The zero-order chi connectivity index (χ0) is 14.0. The monoisotopic (exact) mass is 373 g/mol. The summed E-state index contributed by atoms with van der Waals surface area (Å²) >= 11 is 2.19. The summed E-state index contributed by atoms with van der Waals surface area (Å²) in [4.78, 5) is 25.3. The van der Waals surface area contributed by atoms with Crippen LogP contribution < -0.4 is 0 Å². The average Bonchev–Trinajstić information content (AvgIpc) is 2.38. The minimum Gasteiger partial charge on any atom is -0.481 e. The van der Waals surface area contributed by atoms with Gasteiger partial charge >= 0.3 is 5.97 Å². The second kappa shape index (κ2) is 5.90. The van der Waals surface area contributed by atoms with Gasteiger partial charge in [0.25, 0.3) is 5.91 Å². The van der Waals surface area contributed by atoms with E-state index in [0.29, 0.717) is 18.5 Å². The molecule has 1 N–H and O–H groups in total. The molecule has 2 atom stereocenters. The minimum atomic E-state index is -0.812. The fraction of sp³-hybridized carbons (Fsp3) is 0.429. The Morgan fingerprint density at radius 2 is 1.95 bits per heavy atom. The molecule has 1 aliphatic heterocycles. The number of halogens is 1. The number of carbonyl (C=O) groups is 2. The number of likely N-dealkylation sites (tertiary alicyclic amines) is 1. The van der Waals surface area contributed by atoms with Crippen LogP contribution in [0.3, 0.4) is 0 Å². The number of nitrogens with zero attached hydrogens (tertiary/aromatic N) is 1. The Balaban J connectivity index is 2.18. The molecule has 5 heteroatoms. The van der Waals surface area contributed by atoms with Gasteiger partial charge in [0.2, 0.25) is 0 Å². The Morgan fingerprint density at radius 3 is 2.53 bits per heavy atom. The zero-order valence-corrected chi connectivity index (χ0v) is 12.8. The van der Waals surface area contributed by atoms with Gasteiger partial charge in [-0.1, -0.05) is 0 Å². The quantitative estimate of drug-likeness (QED) is 0.811. The predicted molar refractivity (Wildman–Crippen MR) is 80.0 cm³/mol. The van der Waals surface area contributed by atoms with Crippen molar-refractivity contribution in [2.45, 2.75) is 25.8 Å². The summed E-state index contributed by atoms with van der Waals surface area (Å²) in [5.41, 5.74) is 0.623. The van der Waals surface area contributed by atoms with E-state index in [9.17, 15) is 14.7 Å². The summed E-state index contributed by atoms with van der Waals surface area (Å²) in [5.74, 6) is -1.34. The molecule has 0 unspecified atom stereocenters. The summed E-state index contributed by atoms with van der Waals surface area (Å²) in [5, 5.41) is 9.18. The van der Waals surface area contributed by atoms with Crippen LogP contribution in [-0.4, -0.2) is 34.5 Å². The maximum Gasteiger partial charge on any atom is 0.308 e. The van der Waals surface area contributed by atoms with Gasteiger partial charge in [-0.2, -0.15) is 0 Å². The maximum absolute atomic E-state index is 12.4. The number of hydrogen-bond acceptors (Lipinski definition) is 2. The number of rotatable bonds is 2. The topological polar surface area (TPSA) is 57.6 Å². The molecule has 1 aromatic carbocycles. The molecule has 1 aromatic rings. The highest BCUT2D eigenvalue weighted by molar-refractivity contribution is 14.1. The van der Waals surface area contributed by atoms with E-state index in [2.05, 4.69) is 22.6 Å². The van der Waals surface area contributed by atoms with E-state index in [0.717, 1.165) is 9.99 Å². The molecule has 4 nitrogen and oxygen atoms in total. The van der Waals surface area contributed by atoms with Crippen LogP contribution in [0.5, 0.6) is 0 Å². The highest BCUT2D eigenvalue weighted by atomic mass is 127. The van der Waals surface area contributed by atoms with Crippen molar-refractivity contribution in [1.82, 2.24) is 4.90 Å². The largest absolute Gasteiger partial charge is 0.481 e. The maximum atomic E-state index is 12.4. The van der Waals surface area contributed by atoms with Crippen LogP contribution in [0.15, 0.2) is 24.3 Å². The van der Waals surface area contributed by atoms with Gasteiger partial charge in [-0.15, -0.1) is 0 Å². The first kappa shape index (κ1) is 14.3. The molecule has 0 radical (unpaired) electrons. The molecule has 19 heavy (non-hydrogen) atoms. The van der Waals surface area contributed by atoms with Crippen LogP contribution in [0.2, 0.25) is 0 Å². The summed E-state index contributed by atoms with van der Waals surface area (Å²) in [6.45, 7) is 2.46. The molecule has 0 aromatic heterocycles. The lowest BCUT2D eigenvalue weighted by Crippen LogP contribution is -2.49. The summed E-state index contributed by atoms with van der Waals surface area (Å²) in [6, 6.07) is 7.11. The first-order valence-electron chi connectivity index (χ1n) is 6.30. The Bertz CT molecular complexity index is 486. The van der Waals surface area contributed by atoms with E-state index in [1.165, 1.54) is 0 Å². The number of benzene rings is 1. The highest BCUT2D eigenvalue weighted by Gasteiger charge is 2.35. The number of amides is 1. The summed E-state index contributed by atoms with van der Waals surface area (Å²) < 4.78 is 1.07. The average molecular weight is 373 g/mol. The van der Waals surface area contributed by atoms with E-state index in [-0.39, 0.29) is 11.9 Å².